The molecule has 10 nitrogen and oxygen atoms in total. The lowest BCUT2D eigenvalue weighted by atomic mass is 9.83. The normalized spacial score (nSPS) is 16.5. The zero-order valence-electron chi connectivity index (χ0n) is 23.4. The van der Waals surface area contributed by atoms with E-state index in [-0.39, 0.29) is 31.3 Å². The number of hydrogen-bond donors (Lipinski definition) is 3. The van der Waals surface area contributed by atoms with Crippen molar-refractivity contribution in [2.24, 2.45) is 11.8 Å². The minimum Gasteiger partial charge on any atom is -0.497 e. The summed E-state index contributed by atoms with van der Waals surface area (Å²) < 4.78 is 11.2. The number of pyridine rings is 1. The number of nitrogens with zero attached hydrogens (tertiary/aromatic N) is 2. The molecular weight excluding hydrogens is 536 g/mol. The molecule has 1 aromatic heterocycles. The van der Waals surface area contributed by atoms with Gasteiger partial charge in [-0.1, -0.05) is 24.3 Å². The monoisotopic (exact) mass is 568 g/mol. The molecule has 0 saturated carbocycles. The minimum atomic E-state index is -0.931. The molecule has 0 unspecified atom stereocenters. The highest BCUT2D eigenvalue weighted by atomic mass is 16.5. The van der Waals surface area contributed by atoms with Crippen molar-refractivity contribution < 1.29 is 29.1 Å². The van der Waals surface area contributed by atoms with Crippen LogP contribution in [0.2, 0.25) is 0 Å². The molecule has 3 aromatic carbocycles. The molecule has 0 aliphatic carbocycles. The predicted molar refractivity (Wildman–Crippen MR) is 156 cm³/mol. The first-order valence-electron chi connectivity index (χ1n) is 13.6. The first kappa shape index (κ1) is 28.6. The number of carbonyl (C=O) groups is 3. The number of ether oxygens (including phenoxy) is 2. The molecule has 3 N–H and O–H groups in total. The maximum atomic E-state index is 13.3. The number of hydrogen-bond acceptors (Lipinski definition) is 7. The predicted octanol–water partition coefficient (Wildman–Crippen LogP) is 4.35. The Labute approximate surface area is 243 Å². The summed E-state index contributed by atoms with van der Waals surface area (Å²) in [4.78, 5) is 45.0. The van der Waals surface area contributed by atoms with Crippen molar-refractivity contribution in [3.8, 4) is 11.5 Å². The molecule has 0 radical (unpaired) electrons. The highest BCUT2D eigenvalue weighted by Gasteiger charge is 2.40. The number of hydroxylamine groups is 1. The Balaban J connectivity index is 1.22. The Morgan fingerprint density at radius 3 is 2.50 bits per heavy atom. The van der Waals surface area contributed by atoms with Crippen LogP contribution < -0.4 is 20.3 Å². The van der Waals surface area contributed by atoms with Crippen LogP contribution in [0, 0.1) is 18.8 Å². The molecule has 5 rings (SSSR count). The molecule has 0 bridgehead atoms. The number of fused-ring (bicyclic) bond motifs is 1. The molecular formula is C32H32N4O6. The minimum absolute atomic E-state index is 0.0174. The molecule has 2 atom stereocenters. The Hall–Kier alpha value is -4.96. The van der Waals surface area contributed by atoms with E-state index >= 15 is 0 Å². The summed E-state index contributed by atoms with van der Waals surface area (Å²) in [5, 5.41) is 13.2. The van der Waals surface area contributed by atoms with E-state index in [4.69, 9.17) is 9.47 Å². The standard InChI is InChI=1S/C32H32N4O6/c1-20-16-22(26-8-3-4-9-29(26)33-20)19-42-24-12-10-23(11-13-24)34-30(37)27-14-15-36(18-28(27)31(38)35-40)32(39)21-6-5-7-25(17-21)41-2/h3-13,16-17,27-28,40H,14-15,18-19H2,1-2H3,(H,34,37)(H,35,38)/t27-,28-/m0/s1. The maximum Gasteiger partial charge on any atom is 0.254 e. The first-order valence-corrected chi connectivity index (χ1v) is 13.6. The highest BCUT2D eigenvalue weighted by Crippen LogP contribution is 2.28. The van der Waals surface area contributed by atoms with Crippen molar-refractivity contribution in [3.05, 3.63) is 95.7 Å². The van der Waals surface area contributed by atoms with Crippen LogP contribution in [0.15, 0.2) is 78.9 Å². The molecule has 3 amide bonds. The summed E-state index contributed by atoms with van der Waals surface area (Å²) in [5.74, 6) is -1.88. The SMILES string of the molecule is COc1cccc(C(=O)N2CC[C@H](C(=O)Nc3ccc(OCc4cc(C)nc5ccccc45)cc3)[C@@H](C(=O)NO)C2)c1. The van der Waals surface area contributed by atoms with E-state index < -0.39 is 17.7 Å². The summed E-state index contributed by atoms with van der Waals surface area (Å²) in [5.41, 5.74) is 5.46. The number of aryl methyl sites for hydroxylation is 1. The average molecular weight is 569 g/mol. The lowest BCUT2D eigenvalue weighted by molar-refractivity contribution is -0.141. The largest absolute Gasteiger partial charge is 0.497 e. The summed E-state index contributed by atoms with van der Waals surface area (Å²) >= 11 is 0. The van der Waals surface area contributed by atoms with Gasteiger partial charge in [0, 0.05) is 41.0 Å². The van der Waals surface area contributed by atoms with E-state index in [2.05, 4.69) is 10.3 Å². The molecule has 1 aliphatic rings. The number of aromatic nitrogens is 1. The van der Waals surface area contributed by atoms with Crippen molar-refractivity contribution in [2.45, 2.75) is 20.0 Å². The number of para-hydroxylation sites is 1. The number of benzene rings is 3. The summed E-state index contributed by atoms with van der Waals surface area (Å²) in [6.07, 6.45) is 0.250. The molecule has 10 heteroatoms. The van der Waals surface area contributed by atoms with Gasteiger partial charge in [-0.25, -0.2) is 5.48 Å². The van der Waals surface area contributed by atoms with Gasteiger partial charge in [-0.05, 0) is 67.9 Å². The number of carbonyl (C=O) groups excluding carboxylic acids is 3. The van der Waals surface area contributed by atoms with E-state index in [1.54, 1.807) is 54.0 Å². The van der Waals surface area contributed by atoms with Crippen LogP contribution in [0.25, 0.3) is 10.9 Å². The quantitative estimate of drug-likeness (QED) is 0.213. The van der Waals surface area contributed by atoms with E-state index in [0.29, 0.717) is 29.4 Å². The van der Waals surface area contributed by atoms with Gasteiger partial charge >= 0.3 is 0 Å². The first-order chi connectivity index (χ1) is 20.4. The number of anilines is 1. The number of nitrogens with one attached hydrogen (secondary N) is 2. The Bertz CT molecular complexity index is 1610. The van der Waals surface area contributed by atoms with Crippen molar-refractivity contribution >= 4 is 34.3 Å². The third kappa shape index (κ3) is 6.34. The fraction of sp³-hybridized carbons (Fsp3) is 0.250. The van der Waals surface area contributed by atoms with Crippen LogP contribution in [0.3, 0.4) is 0 Å². The Morgan fingerprint density at radius 1 is 0.952 bits per heavy atom. The third-order valence-corrected chi connectivity index (χ3v) is 7.45. The molecule has 4 aromatic rings. The van der Waals surface area contributed by atoms with Gasteiger partial charge in [0.15, 0.2) is 0 Å². The molecule has 1 aliphatic heterocycles. The maximum absolute atomic E-state index is 13.3. The Kier molecular flexibility index (Phi) is 8.63. The van der Waals surface area contributed by atoms with E-state index in [1.807, 2.05) is 37.3 Å². The van der Waals surface area contributed by atoms with Crippen molar-refractivity contribution in [1.29, 1.82) is 0 Å². The Morgan fingerprint density at radius 2 is 1.74 bits per heavy atom. The van der Waals surface area contributed by atoms with Gasteiger partial charge in [-0.3, -0.25) is 24.6 Å². The molecule has 0 spiro atoms. The second-order valence-electron chi connectivity index (χ2n) is 10.2. The summed E-state index contributed by atoms with van der Waals surface area (Å²) in [6.45, 7) is 2.57. The van der Waals surface area contributed by atoms with Crippen LogP contribution in [0.1, 0.15) is 28.0 Å². The number of rotatable bonds is 8. The van der Waals surface area contributed by atoms with Gasteiger partial charge in [0.2, 0.25) is 11.8 Å². The summed E-state index contributed by atoms with van der Waals surface area (Å²) in [6, 6.07) is 23.6. The zero-order valence-corrected chi connectivity index (χ0v) is 23.4. The molecule has 42 heavy (non-hydrogen) atoms. The molecule has 1 saturated heterocycles. The number of piperidine rings is 1. The van der Waals surface area contributed by atoms with Crippen molar-refractivity contribution in [2.75, 3.05) is 25.5 Å². The van der Waals surface area contributed by atoms with Crippen LogP contribution >= 0.6 is 0 Å². The number of methoxy groups -OCH3 is 1. The lowest BCUT2D eigenvalue weighted by Gasteiger charge is -2.36. The smallest absolute Gasteiger partial charge is 0.254 e. The van der Waals surface area contributed by atoms with Gasteiger partial charge in [0.05, 0.1) is 24.5 Å². The van der Waals surface area contributed by atoms with Crippen molar-refractivity contribution in [1.82, 2.24) is 15.4 Å². The van der Waals surface area contributed by atoms with Crippen LogP contribution in [-0.4, -0.2) is 53.0 Å². The summed E-state index contributed by atoms with van der Waals surface area (Å²) in [7, 11) is 1.51. The van der Waals surface area contributed by atoms with Gasteiger partial charge < -0.3 is 19.7 Å². The number of likely N-dealkylation sites (tertiary alicyclic amines) is 1. The van der Waals surface area contributed by atoms with E-state index in [1.165, 1.54) is 12.0 Å². The second kappa shape index (κ2) is 12.7. The topological polar surface area (TPSA) is 130 Å². The molecule has 2 heterocycles. The van der Waals surface area contributed by atoms with E-state index in [0.717, 1.165) is 22.2 Å². The molecule has 216 valence electrons. The van der Waals surface area contributed by atoms with Gasteiger partial charge in [0.1, 0.15) is 18.1 Å². The molecule has 1 fully saturated rings. The number of amides is 3. The second-order valence-corrected chi connectivity index (χ2v) is 10.2. The van der Waals surface area contributed by atoms with Gasteiger partial charge in [-0.2, -0.15) is 0 Å². The van der Waals surface area contributed by atoms with Crippen LogP contribution in [-0.2, 0) is 16.2 Å². The lowest BCUT2D eigenvalue weighted by Crippen LogP contribution is -2.52. The van der Waals surface area contributed by atoms with E-state index in [9.17, 15) is 19.6 Å². The van der Waals surface area contributed by atoms with Crippen molar-refractivity contribution in [3.63, 3.8) is 0 Å². The fourth-order valence-electron chi connectivity index (χ4n) is 5.28. The average Bonchev–Trinajstić information content (AvgIpc) is 3.03. The van der Waals surface area contributed by atoms with Gasteiger partial charge in [0.25, 0.3) is 5.91 Å². The van der Waals surface area contributed by atoms with Gasteiger partial charge in [-0.15, -0.1) is 0 Å². The third-order valence-electron chi connectivity index (χ3n) is 7.45. The zero-order chi connectivity index (χ0) is 29.6. The van der Waals surface area contributed by atoms with Crippen LogP contribution in [0.4, 0.5) is 5.69 Å². The van der Waals surface area contributed by atoms with Crippen LogP contribution in [0.5, 0.6) is 11.5 Å². The fourth-order valence-corrected chi connectivity index (χ4v) is 5.28. The highest BCUT2D eigenvalue weighted by molar-refractivity contribution is 5.98.